The highest BCUT2D eigenvalue weighted by Gasteiger charge is 1.80. The smallest absolute Gasteiger partial charge is 0.403 e. The van der Waals surface area contributed by atoms with Gasteiger partial charge in [-0.05, 0) is 0 Å². The van der Waals surface area contributed by atoms with Crippen molar-refractivity contribution in [2.24, 2.45) is 0 Å². The molecular formula is C2H7ClO2. The van der Waals surface area contributed by atoms with Gasteiger partial charge in [-0.2, -0.15) is 0 Å². The summed E-state index contributed by atoms with van der Waals surface area (Å²) in [5.74, 6) is 0. The maximum Gasteiger partial charge on any atom is 0.403 e. The summed E-state index contributed by atoms with van der Waals surface area (Å²) in [5.41, 5.74) is -0.773. The molecule has 0 bridgehead atoms. The van der Waals surface area contributed by atoms with Crippen LogP contribution in [0.3, 0.4) is 0 Å². The van der Waals surface area contributed by atoms with Gasteiger partial charge < -0.3 is 4.74 Å². The molecule has 0 radical (unpaired) electrons. The minimum Gasteiger partial charge on any atom is -0.457 e. The number of halogens is 1. The van der Waals surface area contributed by atoms with E-state index < -0.39 is 5.43 Å². The van der Waals surface area contributed by atoms with Gasteiger partial charge in [0.25, 0.3) is 0 Å². The van der Waals surface area contributed by atoms with Crippen molar-refractivity contribution in [2.75, 3.05) is 7.11 Å². The van der Waals surface area contributed by atoms with E-state index >= 15 is 0 Å². The topological polar surface area (TPSA) is 26.3 Å². The second-order valence-corrected chi connectivity index (χ2v) is 0.750. The van der Waals surface area contributed by atoms with E-state index in [1.807, 2.05) is 0 Å². The quantitative estimate of drug-likeness (QED) is 0.438. The number of carbonyl (C=O) groups excluding carboxylic acids is 1. The molecule has 0 rings (SSSR count). The van der Waals surface area contributed by atoms with Crippen LogP contribution in [0.25, 0.3) is 0 Å². The zero-order valence-electron chi connectivity index (χ0n) is 6.69. The molecule has 0 amide bonds. The largest absolute Gasteiger partial charge is 0.457 e. The van der Waals surface area contributed by atoms with Gasteiger partial charge in [-0.3, -0.25) is 0 Å². The molecule has 0 N–H and O–H groups in total. The number of ether oxygens (including phenoxy) is 1. The molecule has 2 nitrogen and oxygen atoms in total. The highest BCUT2D eigenvalue weighted by Crippen LogP contribution is 1.78. The molecule has 0 unspecified atom stereocenters. The van der Waals surface area contributed by atoms with Crippen molar-refractivity contribution in [1.29, 1.82) is 0 Å². The maximum absolute atomic E-state index is 9.36. The van der Waals surface area contributed by atoms with Gasteiger partial charge in [0.1, 0.15) is 0 Å². The van der Waals surface area contributed by atoms with Crippen LogP contribution in [0.4, 0.5) is 4.79 Å². The van der Waals surface area contributed by atoms with E-state index in [9.17, 15) is 4.79 Å². The number of hydrogen-bond acceptors (Lipinski definition) is 2. The van der Waals surface area contributed by atoms with Gasteiger partial charge in [0.2, 0.25) is 0 Å². The first kappa shape index (κ1) is 2.03. The van der Waals surface area contributed by atoms with Gasteiger partial charge >= 0.3 is 5.43 Å². The van der Waals surface area contributed by atoms with E-state index in [2.05, 4.69) is 16.3 Å². The van der Waals surface area contributed by atoms with Crippen LogP contribution in [-0.4, -0.2) is 12.5 Å². The predicted molar refractivity (Wildman–Crippen MR) is 22.5 cm³/mol. The van der Waals surface area contributed by atoms with Crippen LogP contribution in [0, 0.1) is 0 Å². The summed E-state index contributed by atoms with van der Waals surface area (Å²) in [6, 6.07) is 0. The van der Waals surface area contributed by atoms with Crippen molar-refractivity contribution in [2.45, 2.75) is 0 Å². The Morgan fingerprint density at radius 2 is 2.60 bits per heavy atom. The van der Waals surface area contributed by atoms with Gasteiger partial charge in [0.15, 0.2) is 0 Å². The molecule has 0 atom stereocenters. The van der Waals surface area contributed by atoms with E-state index in [4.69, 9.17) is 5.94 Å². The fraction of sp³-hybridized carbons (Fsp3) is 0.500. The fourth-order valence-corrected chi connectivity index (χ4v) is 0. The van der Waals surface area contributed by atoms with Gasteiger partial charge in [-0.25, -0.2) is 4.79 Å². The highest BCUT2D eigenvalue weighted by atomic mass is 35.5. The molecule has 0 aliphatic heterocycles. The molecule has 0 saturated carbocycles. The summed E-state index contributed by atoms with van der Waals surface area (Å²) in [4.78, 5) is 9.36. The second-order valence-electron chi connectivity index (χ2n) is 0.442. The van der Waals surface area contributed by atoms with Crippen molar-refractivity contribution in [3.63, 3.8) is 0 Å². The average Bonchev–Trinajstić information content (AvgIpc) is 1.97. The summed E-state index contributed by atoms with van der Waals surface area (Å²) in [5, 5.41) is 0. The van der Waals surface area contributed by atoms with E-state index in [0.29, 0.717) is 0 Å². The molecule has 5 heavy (non-hydrogen) atoms. The molecule has 0 aliphatic carbocycles. The molecule has 0 aromatic rings. The Labute approximate surface area is 40.9 Å². The molecule has 34 valence electrons. The van der Waals surface area contributed by atoms with Crippen LogP contribution in [0.1, 0.15) is 5.94 Å². The Balaban J connectivity index is -0.0000000771. The standard InChI is InChI=1S/C2H3ClO2.2H2/c1-5-2(3)4;;/h1H3;2*1H/i;2*1+2T. The first-order valence-electron chi connectivity index (χ1n) is 3.01. The van der Waals surface area contributed by atoms with E-state index in [1.165, 1.54) is 7.11 Å². The zero-order chi connectivity index (χ0) is 8.28. The summed E-state index contributed by atoms with van der Waals surface area (Å²) in [7, 11) is 1.22. The van der Waals surface area contributed by atoms with Gasteiger partial charge in [-0.15, -0.1) is 0 Å². The third kappa shape index (κ3) is 3.76. The summed E-state index contributed by atoms with van der Waals surface area (Å²) < 4.78 is 23.9. The molecular weight excluding hydrogens is 91.5 g/mol. The molecule has 0 aromatic carbocycles. The van der Waals surface area contributed by atoms with E-state index in [-0.39, 0.29) is 0 Å². The Bertz CT molecular complexity index is 51.8. The third-order valence-electron chi connectivity index (χ3n) is 0.160. The van der Waals surface area contributed by atoms with Crippen LogP contribution in [0.15, 0.2) is 0 Å². The fourth-order valence-electron chi connectivity index (χ4n) is 0. The lowest BCUT2D eigenvalue weighted by Gasteiger charge is -1.77. The first-order chi connectivity index (χ1) is 4.27. The monoisotopic (exact) mass is 106 g/mol. The Morgan fingerprint density at radius 1 is 2.40 bits per heavy atom. The number of carbonyl (C=O) groups is 1. The van der Waals surface area contributed by atoms with Crippen molar-refractivity contribution in [3.05, 3.63) is 0 Å². The highest BCUT2D eigenvalue weighted by molar-refractivity contribution is 6.61. The van der Waals surface area contributed by atoms with Gasteiger partial charge in [0.05, 0.1) is 7.11 Å². The molecule has 0 fully saturated rings. The molecule has 0 saturated heterocycles. The van der Waals surface area contributed by atoms with Gasteiger partial charge in [-0.1, -0.05) is 0 Å². The minimum absolute atomic E-state index is 0.773. The molecule has 0 spiro atoms. The van der Waals surface area contributed by atoms with Crippen LogP contribution >= 0.6 is 11.6 Å². The molecule has 0 aromatic heterocycles. The average molecular weight is 107 g/mol. The minimum atomic E-state index is -0.773. The lowest BCUT2D eigenvalue weighted by molar-refractivity contribution is 0.198. The molecule has 3 heteroatoms. The van der Waals surface area contributed by atoms with Crippen molar-refractivity contribution in [3.8, 4) is 0 Å². The van der Waals surface area contributed by atoms with Crippen molar-refractivity contribution < 1.29 is 15.5 Å². The number of methoxy groups -OCH3 is 1. The van der Waals surface area contributed by atoms with Crippen LogP contribution in [-0.2, 0) is 4.74 Å². The van der Waals surface area contributed by atoms with Crippen LogP contribution in [0.5, 0.6) is 0 Å². The SMILES string of the molecule is COC(=O)Cl.[3H][3H].[3H][3H]. The third-order valence-corrected chi connectivity index (χ3v) is 0.315. The van der Waals surface area contributed by atoms with Crippen molar-refractivity contribution >= 4 is 17.0 Å². The van der Waals surface area contributed by atoms with E-state index in [0.717, 1.165) is 0 Å². The Morgan fingerprint density at radius 3 is 2.60 bits per heavy atom. The molecule has 0 heterocycles. The summed E-state index contributed by atoms with van der Waals surface area (Å²) >= 11 is 4.60. The lowest BCUT2D eigenvalue weighted by atomic mass is 11.5. The van der Waals surface area contributed by atoms with Gasteiger partial charge in [0, 0.05) is 17.5 Å². The van der Waals surface area contributed by atoms with Crippen LogP contribution < -0.4 is 0 Å². The Kier molecular flexibility index (Phi) is 0.822. The van der Waals surface area contributed by atoms with Crippen molar-refractivity contribution in [1.82, 2.24) is 0 Å². The van der Waals surface area contributed by atoms with Crippen LogP contribution in [0.2, 0.25) is 0 Å². The zero-order valence-corrected chi connectivity index (χ0v) is 3.45. The molecule has 0 aliphatic rings. The lowest BCUT2D eigenvalue weighted by Crippen LogP contribution is -1.80. The maximum atomic E-state index is 9.36. The summed E-state index contributed by atoms with van der Waals surface area (Å²) in [6.45, 7) is 0. The second kappa shape index (κ2) is 2.03. The summed E-state index contributed by atoms with van der Waals surface area (Å²) in [6.07, 6.45) is 0. The normalized spacial score (nSPS) is 10.0. The Hall–Kier alpha value is -0.240. The first-order valence-corrected chi connectivity index (χ1v) is 1.38. The number of rotatable bonds is 0. The van der Waals surface area contributed by atoms with E-state index in [1.54, 1.807) is 0 Å². The number of hydrogen-bond donors (Lipinski definition) is 0. The predicted octanol–water partition coefficient (Wildman–Crippen LogP) is 1.48.